The van der Waals surface area contributed by atoms with Gasteiger partial charge in [0, 0.05) is 6.04 Å². The van der Waals surface area contributed by atoms with Crippen molar-refractivity contribution in [3.05, 3.63) is 30.3 Å². The molecule has 0 aliphatic rings. The summed E-state index contributed by atoms with van der Waals surface area (Å²) in [7, 11) is 0. The molecule has 2 atom stereocenters. The molecule has 0 aliphatic heterocycles. The maximum absolute atomic E-state index is 12.2. The van der Waals surface area contributed by atoms with E-state index in [1.807, 2.05) is 32.0 Å². The minimum absolute atomic E-state index is 0.0681. The van der Waals surface area contributed by atoms with Crippen LogP contribution in [0.4, 0.5) is 0 Å². The second-order valence-corrected chi connectivity index (χ2v) is 4.92. The Bertz CT molecular complexity index is 447. The SMILES string of the molecule is CCCC(CC(=O)O)NC(=O)C(CC)Oc1ccccc1. The van der Waals surface area contributed by atoms with Gasteiger partial charge in [-0.2, -0.15) is 0 Å². The van der Waals surface area contributed by atoms with E-state index in [9.17, 15) is 9.59 Å². The lowest BCUT2D eigenvalue weighted by Crippen LogP contribution is -2.44. The number of carbonyl (C=O) groups is 2. The predicted octanol–water partition coefficient (Wildman–Crippen LogP) is 2.60. The summed E-state index contributed by atoms with van der Waals surface area (Å²) < 4.78 is 5.65. The summed E-state index contributed by atoms with van der Waals surface area (Å²) in [6, 6.07) is 8.77. The first-order valence-corrected chi connectivity index (χ1v) is 7.30. The molecule has 116 valence electrons. The number of aliphatic carboxylic acids is 1. The number of benzene rings is 1. The van der Waals surface area contributed by atoms with Gasteiger partial charge in [0.2, 0.25) is 0 Å². The molecule has 21 heavy (non-hydrogen) atoms. The molecule has 0 aliphatic carbocycles. The summed E-state index contributed by atoms with van der Waals surface area (Å²) in [5.41, 5.74) is 0. The molecule has 1 aromatic rings. The highest BCUT2D eigenvalue weighted by atomic mass is 16.5. The molecule has 1 rings (SSSR count). The number of amides is 1. The maximum atomic E-state index is 12.2. The Hall–Kier alpha value is -2.04. The van der Waals surface area contributed by atoms with E-state index in [0.29, 0.717) is 18.6 Å². The third kappa shape index (κ3) is 6.29. The van der Waals surface area contributed by atoms with Crippen molar-refractivity contribution in [1.82, 2.24) is 5.32 Å². The molecular formula is C16H23NO4. The van der Waals surface area contributed by atoms with Gasteiger partial charge in [-0.05, 0) is 25.0 Å². The average Bonchev–Trinajstić information content (AvgIpc) is 2.45. The van der Waals surface area contributed by atoms with E-state index in [1.54, 1.807) is 12.1 Å². The van der Waals surface area contributed by atoms with Crippen LogP contribution in [0, 0.1) is 0 Å². The fourth-order valence-electron chi connectivity index (χ4n) is 2.06. The first-order valence-electron chi connectivity index (χ1n) is 7.30. The van der Waals surface area contributed by atoms with Crippen LogP contribution in [0.15, 0.2) is 30.3 Å². The van der Waals surface area contributed by atoms with Crippen LogP contribution >= 0.6 is 0 Å². The van der Waals surface area contributed by atoms with Crippen molar-refractivity contribution in [3.63, 3.8) is 0 Å². The minimum Gasteiger partial charge on any atom is -0.481 e. The van der Waals surface area contributed by atoms with Gasteiger partial charge >= 0.3 is 5.97 Å². The molecule has 2 unspecified atom stereocenters. The Morgan fingerprint density at radius 2 is 1.90 bits per heavy atom. The molecule has 5 heteroatoms. The molecule has 0 radical (unpaired) electrons. The Morgan fingerprint density at radius 3 is 2.43 bits per heavy atom. The van der Waals surface area contributed by atoms with Gasteiger partial charge in [-0.3, -0.25) is 9.59 Å². The fourth-order valence-corrected chi connectivity index (χ4v) is 2.06. The van der Waals surface area contributed by atoms with E-state index in [-0.39, 0.29) is 18.4 Å². The van der Waals surface area contributed by atoms with Crippen LogP contribution in [0.2, 0.25) is 0 Å². The Balaban J connectivity index is 2.62. The molecule has 0 heterocycles. The smallest absolute Gasteiger partial charge is 0.305 e. The number of carbonyl (C=O) groups excluding carboxylic acids is 1. The average molecular weight is 293 g/mol. The van der Waals surface area contributed by atoms with Crippen molar-refractivity contribution < 1.29 is 19.4 Å². The lowest BCUT2D eigenvalue weighted by atomic mass is 10.1. The van der Waals surface area contributed by atoms with Crippen LogP contribution in [-0.4, -0.2) is 29.1 Å². The number of ether oxygens (including phenoxy) is 1. The van der Waals surface area contributed by atoms with E-state index in [0.717, 1.165) is 6.42 Å². The first kappa shape index (κ1) is 17.0. The van der Waals surface area contributed by atoms with Crippen molar-refractivity contribution >= 4 is 11.9 Å². The lowest BCUT2D eigenvalue weighted by Gasteiger charge is -2.21. The molecule has 0 bridgehead atoms. The van der Waals surface area contributed by atoms with Crippen LogP contribution in [0.3, 0.4) is 0 Å². The molecule has 1 aromatic carbocycles. The zero-order valence-electron chi connectivity index (χ0n) is 12.5. The largest absolute Gasteiger partial charge is 0.481 e. The van der Waals surface area contributed by atoms with E-state index < -0.39 is 12.1 Å². The van der Waals surface area contributed by atoms with Crippen LogP contribution in [0.5, 0.6) is 5.75 Å². The normalized spacial score (nSPS) is 13.2. The molecule has 0 aromatic heterocycles. The predicted molar refractivity (Wildman–Crippen MR) is 80.2 cm³/mol. The fraction of sp³-hybridized carbons (Fsp3) is 0.500. The zero-order chi connectivity index (χ0) is 15.7. The molecular weight excluding hydrogens is 270 g/mol. The number of rotatable bonds is 9. The lowest BCUT2D eigenvalue weighted by molar-refractivity contribution is -0.138. The quantitative estimate of drug-likeness (QED) is 0.734. The standard InChI is InChI=1S/C16H23NO4/c1-3-8-12(11-15(18)19)17-16(20)14(4-2)21-13-9-6-5-7-10-13/h5-7,9-10,12,14H,3-4,8,11H2,1-2H3,(H,17,20)(H,18,19). The highest BCUT2D eigenvalue weighted by Crippen LogP contribution is 2.13. The molecule has 0 saturated carbocycles. The molecule has 0 spiro atoms. The first-order chi connectivity index (χ1) is 10.1. The van der Waals surface area contributed by atoms with Crippen molar-refractivity contribution in [2.45, 2.75) is 51.7 Å². The summed E-state index contributed by atoms with van der Waals surface area (Å²) in [5, 5.41) is 11.6. The molecule has 0 saturated heterocycles. The van der Waals surface area contributed by atoms with Gasteiger partial charge in [0.15, 0.2) is 6.10 Å². The molecule has 2 N–H and O–H groups in total. The summed E-state index contributed by atoms with van der Waals surface area (Å²) in [6.07, 6.45) is 1.29. The Labute approximate surface area is 125 Å². The van der Waals surface area contributed by atoms with Gasteiger partial charge < -0.3 is 15.2 Å². The summed E-state index contributed by atoms with van der Waals surface area (Å²) in [5.74, 6) is -0.545. The summed E-state index contributed by atoms with van der Waals surface area (Å²) in [6.45, 7) is 3.82. The van der Waals surface area contributed by atoms with E-state index in [1.165, 1.54) is 0 Å². The van der Waals surface area contributed by atoms with Crippen molar-refractivity contribution in [3.8, 4) is 5.75 Å². The number of hydrogen-bond donors (Lipinski definition) is 2. The topological polar surface area (TPSA) is 75.6 Å². The second-order valence-electron chi connectivity index (χ2n) is 4.92. The number of para-hydroxylation sites is 1. The van der Waals surface area contributed by atoms with Gasteiger partial charge in [0.25, 0.3) is 5.91 Å². The highest BCUT2D eigenvalue weighted by molar-refractivity contribution is 5.82. The summed E-state index contributed by atoms with van der Waals surface area (Å²) in [4.78, 5) is 23.0. The molecule has 5 nitrogen and oxygen atoms in total. The summed E-state index contributed by atoms with van der Waals surface area (Å²) >= 11 is 0. The van der Waals surface area contributed by atoms with Gasteiger partial charge in [-0.1, -0.05) is 38.5 Å². The number of carboxylic acids is 1. The van der Waals surface area contributed by atoms with Crippen LogP contribution in [0.25, 0.3) is 0 Å². The minimum atomic E-state index is -0.911. The zero-order valence-corrected chi connectivity index (χ0v) is 12.5. The van der Waals surface area contributed by atoms with Crippen molar-refractivity contribution in [2.24, 2.45) is 0 Å². The Kier molecular flexibility index (Phi) is 7.29. The van der Waals surface area contributed by atoms with Crippen LogP contribution in [-0.2, 0) is 9.59 Å². The Morgan fingerprint density at radius 1 is 1.24 bits per heavy atom. The van der Waals surface area contributed by atoms with E-state index >= 15 is 0 Å². The number of nitrogens with one attached hydrogen (secondary N) is 1. The second kappa shape index (κ2) is 9.00. The van der Waals surface area contributed by atoms with Gasteiger partial charge in [-0.15, -0.1) is 0 Å². The van der Waals surface area contributed by atoms with E-state index in [4.69, 9.17) is 9.84 Å². The third-order valence-corrected chi connectivity index (χ3v) is 3.09. The van der Waals surface area contributed by atoms with E-state index in [2.05, 4.69) is 5.32 Å². The molecule has 1 amide bonds. The van der Waals surface area contributed by atoms with Crippen molar-refractivity contribution in [2.75, 3.05) is 0 Å². The monoisotopic (exact) mass is 293 g/mol. The number of carboxylic acid groups (broad SMARTS) is 1. The van der Waals surface area contributed by atoms with Gasteiger partial charge in [0.1, 0.15) is 5.75 Å². The van der Waals surface area contributed by atoms with Gasteiger partial charge in [-0.25, -0.2) is 0 Å². The van der Waals surface area contributed by atoms with Crippen LogP contribution < -0.4 is 10.1 Å². The maximum Gasteiger partial charge on any atom is 0.305 e. The number of hydrogen-bond acceptors (Lipinski definition) is 3. The third-order valence-electron chi connectivity index (χ3n) is 3.09. The van der Waals surface area contributed by atoms with Gasteiger partial charge in [0.05, 0.1) is 6.42 Å². The highest BCUT2D eigenvalue weighted by Gasteiger charge is 2.22. The van der Waals surface area contributed by atoms with Crippen molar-refractivity contribution in [1.29, 1.82) is 0 Å². The van der Waals surface area contributed by atoms with Crippen LogP contribution in [0.1, 0.15) is 39.5 Å². The molecule has 0 fully saturated rings.